The van der Waals surface area contributed by atoms with Crippen LogP contribution >= 0.6 is 0 Å². The number of fused-ring (bicyclic) bond motifs is 2. The molecule has 0 amide bonds. The standard InChI is InChI=1S/C9H16O3.2C2H4O2/c1-5-4-8-6(10)2-3-7(12-8)9(5)11;2*1-2(3)4/h5-11H,2-4H2,1H3;2*1H3,(H,3,4). The number of aliphatic carboxylic acids is 2. The first-order valence-electron chi connectivity index (χ1n) is 6.55. The van der Waals surface area contributed by atoms with Gasteiger partial charge in [-0.3, -0.25) is 9.59 Å². The van der Waals surface area contributed by atoms with Gasteiger partial charge in [0.1, 0.15) is 0 Å². The lowest BCUT2D eigenvalue weighted by Crippen LogP contribution is -2.51. The summed E-state index contributed by atoms with van der Waals surface area (Å²) in [6, 6.07) is 0. The smallest absolute Gasteiger partial charge is 0.300 e. The van der Waals surface area contributed by atoms with Crippen LogP contribution in [0.1, 0.15) is 40.0 Å². The van der Waals surface area contributed by atoms with Gasteiger partial charge in [-0.2, -0.15) is 0 Å². The molecule has 20 heavy (non-hydrogen) atoms. The summed E-state index contributed by atoms with van der Waals surface area (Å²) < 4.78 is 5.52. The molecule has 118 valence electrons. The predicted molar refractivity (Wildman–Crippen MR) is 70.3 cm³/mol. The number of aliphatic hydroxyl groups is 2. The third-order valence-electron chi connectivity index (χ3n) is 3.09. The summed E-state index contributed by atoms with van der Waals surface area (Å²) >= 11 is 0. The highest BCUT2D eigenvalue weighted by Gasteiger charge is 2.41. The second kappa shape index (κ2) is 8.89. The van der Waals surface area contributed by atoms with Crippen molar-refractivity contribution in [2.45, 2.75) is 64.4 Å². The Morgan fingerprint density at radius 3 is 1.90 bits per heavy atom. The van der Waals surface area contributed by atoms with Crippen molar-refractivity contribution in [1.29, 1.82) is 0 Å². The number of aliphatic hydroxyl groups excluding tert-OH is 2. The molecule has 2 heterocycles. The van der Waals surface area contributed by atoms with Crippen molar-refractivity contribution in [2.75, 3.05) is 0 Å². The first-order chi connectivity index (χ1) is 9.15. The van der Waals surface area contributed by atoms with Crippen LogP contribution in [-0.4, -0.2) is 56.8 Å². The first kappa shape index (κ1) is 18.8. The van der Waals surface area contributed by atoms with Crippen LogP contribution in [0.5, 0.6) is 0 Å². The third kappa shape index (κ3) is 7.42. The maximum Gasteiger partial charge on any atom is 0.300 e. The first-order valence-corrected chi connectivity index (χ1v) is 6.55. The van der Waals surface area contributed by atoms with Gasteiger partial charge in [0.05, 0.1) is 24.4 Å². The summed E-state index contributed by atoms with van der Waals surface area (Å²) in [6.07, 6.45) is 1.68. The minimum Gasteiger partial charge on any atom is -0.481 e. The maximum atomic E-state index is 9.67. The Balaban J connectivity index is 0.000000380. The van der Waals surface area contributed by atoms with Crippen molar-refractivity contribution in [3.8, 4) is 0 Å². The van der Waals surface area contributed by atoms with E-state index in [4.69, 9.17) is 24.5 Å². The molecule has 7 heteroatoms. The molecule has 0 radical (unpaired) electrons. The van der Waals surface area contributed by atoms with Crippen molar-refractivity contribution >= 4 is 11.9 Å². The summed E-state index contributed by atoms with van der Waals surface area (Å²) in [5, 5.41) is 34.0. The van der Waals surface area contributed by atoms with Gasteiger partial charge < -0.3 is 25.2 Å². The van der Waals surface area contributed by atoms with Crippen molar-refractivity contribution in [1.82, 2.24) is 0 Å². The molecule has 2 bridgehead atoms. The van der Waals surface area contributed by atoms with Gasteiger partial charge in [-0.05, 0) is 25.2 Å². The Kier molecular flexibility index (Phi) is 8.36. The molecule has 0 aromatic carbocycles. The van der Waals surface area contributed by atoms with Gasteiger partial charge in [0.15, 0.2) is 0 Å². The average molecular weight is 292 g/mol. The van der Waals surface area contributed by atoms with Crippen molar-refractivity contribution < 1.29 is 34.8 Å². The zero-order chi connectivity index (χ0) is 15.9. The molecule has 0 aromatic heterocycles. The van der Waals surface area contributed by atoms with E-state index in [2.05, 4.69) is 0 Å². The summed E-state index contributed by atoms with van der Waals surface area (Å²) in [5.74, 6) is -1.40. The lowest BCUT2D eigenvalue weighted by atomic mass is 9.82. The molecule has 0 aromatic rings. The van der Waals surface area contributed by atoms with E-state index >= 15 is 0 Å². The molecule has 2 aliphatic heterocycles. The fourth-order valence-electron chi connectivity index (χ4n) is 2.24. The summed E-state index contributed by atoms with van der Waals surface area (Å²) in [5.41, 5.74) is 0. The van der Waals surface area contributed by atoms with Crippen LogP contribution in [-0.2, 0) is 14.3 Å². The number of carboxylic acids is 2. The monoisotopic (exact) mass is 292 g/mol. The van der Waals surface area contributed by atoms with Gasteiger partial charge >= 0.3 is 0 Å². The predicted octanol–water partition coefficient (Wildman–Crippen LogP) is 0.477. The molecule has 2 saturated heterocycles. The summed E-state index contributed by atoms with van der Waals surface area (Å²) in [4.78, 5) is 18.0. The molecule has 2 fully saturated rings. The fraction of sp³-hybridized carbons (Fsp3) is 0.846. The lowest BCUT2D eigenvalue weighted by molar-refractivity contribution is -0.199. The van der Waals surface area contributed by atoms with Crippen molar-refractivity contribution in [3.05, 3.63) is 0 Å². The normalized spacial score (nSPS) is 34.8. The Morgan fingerprint density at radius 2 is 1.45 bits per heavy atom. The maximum absolute atomic E-state index is 9.67. The lowest BCUT2D eigenvalue weighted by Gasteiger charge is -2.44. The van der Waals surface area contributed by atoms with E-state index in [1.807, 2.05) is 6.92 Å². The molecule has 7 nitrogen and oxygen atoms in total. The highest BCUT2D eigenvalue weighted by atomic mass is 16.5. The molecule has 5 unspecified atom stereocenters. The molecule has 4 N–H and O–H groups in total. The quantitative estimate of drug-likeness (QED) is 0.511. The minimum atomic E-state index is -0.833. The van der Waals surface area contributed by atoms with Gasteiger partial charge in [0, 0.05) is 13.8 Å². The van der Waals surface area contributed by atoms with E-state index in [1.54, 1.807) is 0 Å². The molecule has 0 aliphatic carbocycles. The molecule has 2 aliphatic rings. The van der Waals surface area contributed by atoms with Crippen molar-refractivity contribution in [2.24, 2.45) is 5.92 Å². The van der Waals surface area contributed by atoms with Gasteiger partial charge in [-0.15, -0.1) is 0 Å². The fourth-order valence-corrected chi connectivity index (χ4v) is 2.24. The second-order valence-electron chi connectivity index (χ2n) is 5.10. The topological polar surface area (TPSA) is 124 Å². The van der Waals surface area contributed by atoms with Crippen LogP contribution in [0.15, 0.2) is 0 Å². The molecule has 0 spiro atoms. The highest BCUT2D eigenvalue weighted by molar-refractivity contribution is 5.63. The number of carbonyl (C=O) groups is 2. The number of ether oxygens (including phenoxy) is 1. The van der Waals surface area contributed by atoms with Gasteiger partial charge in [0.25, 0.3) is 11.9 Å². The van der Waals surface area contributed by atoms with Crippen LogP contribution in [0.3, 0.4) is 0 Å². The largest absolute Gasteiger partial charge is 0.481 e. The van der Waals surface area contributed by atoms with E-state index in [-0.39, 0.29) is 30.3 Å². The minimum absolute atomic E-state index is 0.0258. The summed E-state index contributed by atoms with van der Waals surface area (Å²) in [6.45, 7) is 4.19. The van der Waals surface area contributed by atoms with Gasteiger partial charge in [0.2, 0.25) is 0 Å². The van der Waals surface area contributed by atoms with Crippen LogP contribution in [0.4, 0.5) is 0 Å². The van der Waals surface area contributed by atoms with Gasteiger partial charge in [-0.1, -0.05) is 6.92 Å². The zero-order valence-electron chi connectivity index (χ0n) is 12.0. The number of hydrogen-bond donors (Lipinski definition) is 4. The molecular formula is C13H24O7. The summed E-state index contributed by atoms with van der Waals surface area (Å²) in [7, 11) is 0. The Labute approximate surface area is 118 Å². The van der Waals surface area contributed by atoms with Crippen LogP contribution in [0, 0.1) is 5.92 Å². The molecule has 0 saturated carbocycles. The molecular weight excluding hydrogens is 268 g/mol. The number of carboxylic acid groups (broad SMARTS) is 2. The Bertz CT molecular complexity index is 296. The molecule has 2 rings (SSSR count). The van der Waals surface area contributed by atoms with Crippen LogP contribution in [0.25, 0.3) is 0 Å². The van der Waals surface area contributed by atoms with Gasteiger partial charge in [-0.25, -0.2) is 0 Å². The van der Waals surface area contributed by atoms with E-state index in [1.165, 1.54) is 0 Å². The third-order valence-corrected chi connectivity index (χ3v) is 3.09. The highest BCUT2D eigenvalue weighted by Crippen LogP contribution is 2.34. The average Bonchev–Trinajstić information content (AvgIpc) is 2.28. The zero-order valence-corrected chi connectivity index (χ0v) is 12.0. The second-order valence-corrected chi connectivity index (χ2v) is 5.10. The van der Waals surface area contributed by atoms with E-state index in [9.17, 15) is 10.2 Å². The Morgan fingerprint density at radius 1 is 1.00 bits per heavy atom. The number of hydrogen-bond acceptors (Lipinski definition) is 5. The van der Waals surface area contributed by atoms with Crippen LogP contribution < -0.4 is 0 Å². The molecule has 5 atom stereocenters. The Hall–Kier alpha value is -1.18. The SMILES string of the molecule is CC(=O)O.CC(=O)O.CC1CC2OC(CCC2O)C1O. The van der Waals surface area contributed by atoms with E-state index in [0.29, 0.717) is 0 Å². The van der Waals surface area contributed by atoms with E-state index in [0.717, 1.165) is 33.1 Å². The van der Waals surface area contributed by atoms with Crippen LogP contribution in [0.2, 0.25) is 0 Å². The van der Waals surface area contributed by atoms with E-state index < -0.39 is 11.9 Å². The number of rotatable bonds is 0. The van der Waals surface area contributed by atoms with Crippen molar-refractivity contribution in [3.63, 3.8) is 0 Å².